The number of benzene rings is 2. The summed E-state index contributed by atoms with van der Waals surface area (Å²) in [6.45, 7) is 2.36. The molecule has 1 saturated heterocycles. The number of carbonyl (C=O) groups excluding carboxylic acids is 2. The fourth-order valence-electron chi connectivity index (χ4n) is 3.71. The van der Waals surface area contributed by atoms with Gasteiger partial charge in [-0.3, -0.25) is 9.59 Å². The third-order valence-electron chi connectivity index (χ3n) is 5.46. The number of nitrogens with zero attached hydrogens (tertiary/aromatic N) is 2. The molecule has 4 nitrogen and oxygen atoms in total. The Balaban J connectivity index is 1.22. The van der Waals surface area contributed by atoms with E-state index in [1.807, 2.05) is 28.0 Å². The van der Waals surface area contributed by atoms with Gasteiger partial charge in [-0.25, -0.2) is 4.39 Å². The van der Waals surface area contributed by atoms with Crippen LogP contribution in [-0.2, 0) is 9.59 Å². The fraction of sp³-hybridized carbons (Fsp3) is 0.364. The molecule has 1 aliphatic carbocycles. The normalized spacial score (nSPS) is 21.5. The lowest BCUT2D eigenvalue weighted by atomic mass is 10.1. The molecule has 2 aromatic carbocycles. The SMILES string of the molecule is O=C(CSc1ccc(F)cc1)N1CCN(C(=O)[C@H]2C[C@@H]2c2ccccc2)CC1. The number of amides is 2. The summed E-state index contributed by atoms with van der Waals surface area (Å²) in [6, 6.07) is 16.4. The molecule has 2 fully saturated rings. The van der Waals surface area contributed by atoms with Crippen LogP contribution in [0.5, 0.6) is 0 Å². The van der Waals surface area contributed by atoms with Crippen LogP contribution in [0.4, 0.5) is 4.39 Å². The fourth-order valence-corrected chi connectivity index (χ4v) is 4.52. The highest BCUT2D eigenvalue weighted by atomic mass is 32.2. The summed E-state index contributed by atoms with van der Waals surface area (Å²) >= 11 is 1.41. The van der Waals surface area contributed by atoms with Gasteiger partial charge in [-0.1, -0.05) is 30.3 Å². The Morgan fingerprint density at radius 1 is 0.929 bits per heavy atom. The molecule has 6 heteroatoms. The molecule has 0 radical (unpaired) electrons. The van der Waals surface area contributed by atoms with E-state index < -0.39 is 0 Å². The van der Waals surface area contributed by atoms with Crippen LogP contribution in [0.1, 0.15) is 17.9 Å². The van der Waals surface area contributed by atoms with Gasteiger partial charge >= 0.3 is 0 Å². The second kappa shape index (κ2) is 8.35. The summed E-state index contributed by atoms with van der Waals surface area (Å²) in [7, 11) is 0. The molecule has 146 valence electrons. The van der Waals surface area contributed by atoms with Gasteiger partial charge in [-0.15, -0.1) is 11.8 Å². The van der Waals surface area contributed by atoms with Crippen LogP contribution in [0.25, 0.3) is 0 Å². The van der Waals surface area contributed by atoms with E-state index in [0.717, 1.165) is 11.3 Å². The van der Waals surface area contributed by atoms with Crippen molar-refractivity contribution in [2.45, 2.75) is 17.2 Å². The number of thioether (sulfide) groups is 1. The first-order chi connectivity index (χ1) is 13.6. The third-order valence-corrected chi connectivity index (χ3v) is 6.45. The molecule has 2 amide bonds. The second-order valence-electron chi connectivity index (χ2n) is 7.31. The zero-order valence-electron chi connectivity index (χ0n) is 15.6. The smallest absolute Gasteiger partial charge is 0.233 e. The summed E-state index contributed by atoms with van der Waals surface area (Å²) in [5.41, 5.74) is 1.24. The maximum Gasteiger partial charge on any atom is 0.233 e. The average Bonchev–Trinajstić information content (AvgIpc) is 3.54. The van der Waals surface area contributed by atoms with Gasteiger partial charge in [0.25, 0.3) is 0 Å². The van der Waals surface area contributed by atoms with E-state index in [0.29, 0.717) is 37.8 Å². The van der Waals surface area contributed by atoms with E-state index >= 15 is 0 Å². The molecule has 2 atom stereocenters. The molecule has 28 heavy (non-hydrogen) atoms. The Morgan fingerprint density at radius 3 is 2.25 bits per heavy atom. The quantitative estimate of drug-likeness (QED) is 0.725. The maximum atomic E-state index is 12.9. The van der Waals surface area contributed by atoms with Crippen LogP contribution in [-0.4, -0.2) is 53.5 Å². The minimum atomic E-state index is -0.276. The Hall–Kier alpha value is -2.34. The van der Waals surface area contributed by atoms with Gasteiger partial charge in [0, 0.05) is 37.0 Å². The Labute approximate surface area is 168 Å². The van der Waals surface area contributed by atoms with Crippen molar-refractivity contribution in [1.29, 1.82) is 0 Å². The minimum absolute atomic E-state index is 0.0648. The van der Waals surface area contributed by atoms with Crippen LogP contribution in [0, 0.1) is 11.7 Å². The van der Waals surface area contributed by atoms with Crippen molar-refractivity contribution < 1.29 is 14.0 Å². The van der Waals surface area contributed by atoms with Crippen molar-refractivity contribution in [3.8, 4) is 0 Å². The molecule has 1 aliphatic heterocycles. The van der Waals surface area contributed by atoms with Gasteiger partial charge in [0.1, 0.15) is 5.82 Å². The molecule has 2 aliphatic rings. The standard InChI is InChI=1S/C22H23FN2O2S/c23-17-6-8-18(9-7-17)28-15-21(26)24-10-12-25(13-11-24)22(27)20-14-19(20)16-4-2-1-3-5-16/h1-9,19-20H,10-15H2/t19-,20+/m1/s1. The van der Waals surface area contributed by atoms with Gasteiger partial charge in [0.05, 0.1) is 5.75 Å². The van der Waals surface area contributed by atoms with Crippen molar-refractivity contribution in [1.82, 2.24) is 9.80 Å². The summed E-state index contributed by atoms with van der Waals surface area (Å²) in [6.07, 6.45) is 0.927. The van der Waals surface area contributed by atoms with Crippen LogP contribution >= 0.6 is 11.8 Å². The number of carbonyl (C=O) groups is 2. The lowest BCUT2D eigenvalue weighted by Crippen LogP contribution is -2.51. The topological polar surface area (TPSA) is 40.6 Å². The first kappa shape index (κ1) is 19.0. The molecule has 0 spiro atoms. The van der Waals surface area contributed by atoms with Crippen LogP contribution in [0.3, 0.4) is 0 Å². The summed E-state index contributed by atoms with van der Waals surface area (Å²) in [5, 5.41) is 0. The van der Waals surface area contributed by atoms with Crippen LogP contribution in [0.15, 0.2) is 59.5 Å². The Bertz CT molecular complexity index is 835. The first-order valence-corrected chi connectivity index (χ1v) is 10.6. The molecular formula is C22H23FN2O2S. The van der Waals surface area contributed by atoms with E-state index in [1.54, 1.807) is 12.1 Å². The Kier molecular flexibility index (Phi) is 5.67. The van der Waals surface area contributed by atoms with E-state index in [4.69, 9.17) is 0 Å². The van der Waals surface area contributed by atoms with Gasteiger partial charge in [-0.05, 0) is 42.2 Å². The molecule has 1 saturated carbocycles. The van der Waals surface area contributed by atoms with Crippen molar-refractivity contribution in [3.63, 3.8) is 0 Å². The number of piperazine rings is 1. The van der Waals surface area contributed by atoms with E-state index in [1.165, 1.54) is 29.5 Å². The molecule has 0 bridgehead atoms. The lowest BCUT2D eigenvalue weighted by Gasteiger charge is -2.35. The van der Waals surface area contributed by atoms with E-state index in [-0.39, 0.29) is 23.5 Å². The average molecular weight is 399 g/mol. The van der Waals surface area contributed by atoms with Crippen LogP contribution in [0.2, 0.25) is 0 Å². The summed E-state index contributed by atoms with van der Waals surface area (Å²) in [4.78, 5) is 29.8. The van der Waals surface area contributed by atoms with Crippen LogP contribution < -0.4 is 0 Å². The highest BCUT2D eigenvalue weighted by molar-refractivity contribution is 8.00. The number of hydrogen-bond donors (Lipinski definition) is 0. The van der Waals surface area contributed by atoms with Crippen molar-refractivity contribution in [2.75, 3.05) is 31.9 Å². The lowest BCUT2D eigenvalue weighted by molar-refractivity contribution is -0.139. The molecule has 4 rings (SSSR count). The highest BCUT2D eigenvalue weighted by Gasteiger charge is 2.46. The molecule has 0 unspecified atom stereocenters. The minimum Gasteiger partial charge on any atom is -0.339 e. The molecular weight excluding hydrogens is 375 g/mol. The van der Waals surface area contributed by atoms with Crippen molar-refractivity contribution in [2.24, 2.45) is 5.92 Å². The first-order valence-electron chi connectivity index (χ1n) is 9.61. The number of hydrogen-bond acceptors (Lipinski definition) is 3. The van der Waals surface area contributed by atoms with E-state index in [9.17, 15) is 14.0 Å². The molecule has 0 N–H and O–H groups in total. The number of rotatable bonds is 5. The predicted molar refractivity (Wildman–Crippen MR) is 108 cm³/mol. The van der Waals surface area contributed by atoms with Crippen molar-refractivity contribution in [3.05, 3.63) is 66.0 Å². The predicted octanol–water partition coefficient (Wildman–Crippen LogP) is 3.39. The van der Waals surface area contributed by atoms with Gasteiger partial charge < -0.3 is 9.80 Å². The van der Waals surface area contributed by atoms with Gasteiger partial charge in [0.2, 0.25) is 11.8 Å². The molecule has 2 aromatic rings. The monoisotopic (exact) mass is 398 g/mol. The second-order valence-corrected chi connectivity index (χ2v) is 8.36. The number of halogens is 1. The van der Waals surface area contributed by atoms with E-state index in [2.05, 4.69) is 12.1 Å². The molecule has 0 aromatic heterocycles. The summed E-state index contributed by atoms with van der Waals surface area (Å²) in [5.74, 6) is 0.788. The highest BCUT2D eigenvalue weighted by Crippen LogP contribution is 2.48. The van der Waals surface area contributed by atoms with Crippen molar-refractivity contribution >= 4 is 23.6 Å². The van der Waals surface area contributed by atoms with Gasteiger partial charge in [0.15, 0.2) is 0 Å². The Morgan fingerprint density at radius 2 is 1.57 bits per heavy atom. The van der Waals surface area contributed by atoms with Gasteiger partial charge in [-0.2, -0.15) is 0 Å². The summed E-state index contributed by atoms with van der Waals surface area (Å²) < 4.78 is 12.9. The zero-order valence-corrected chi connectivity index (χ0v) is 16.4. The third kappa shape index (κ3) is 4.38. The largest absolute Gasteiger partial charge is 0.339 e. The zero-order chi connectivity index (χ0) is 19.5. The maximum absolute atomic E-state index is 12.9. The molecule has 1 heterocycles.